The molecule has 0 aromatic rings. The Morgan fingerprint density at radius 1 is 0.688 bits per heavy atom. The minimum absolute atomic E-state index is 0.866. The molecule has 0 N–H and O–H groups in total. The van der Waals surface area contributed by atoms with E-state index < -0.39 is 11.3 Å². The van der Waals surface area contributed by atoms with E-state index in [0.717, 1.165) is 0 Å². The van der Waals surface area contributed by atoms with Crippen molar-refractivity contribution in [3.05, 3.63) is 0 Å². The number of rotatable bonds is 10. The van der Waals surface area contributed by atoms with Crippen LogP contribution in [0.15, 0.2) is 0 Å². The van der Waals surface area contributed by atoms with Gasteiger partial charge in [0.25, 0.3) is 0 Å². The van der Waals surface area contributed by atoms with Crippen molar-refractivity contribution in [2.75, 3.05) is 26.2 Å². The van der Waals surface area contributed by atoms with Crippen LogP contribution in [0.5, 0.6) is 0 Å². The van der Waals surface area contributed by atoms with Crippen LogP contribution in [0.2, 0.25) is 0 Å². The highest BCUT2D eigenvalue weighted by Gasteiger charge is 2.30. The summed E-state index contributed by atoms with van der Waals surface area (Å²) in [5.41, 5.74) is 0. The molecule has 0 aliphatic rings. The average molecular weight is 354 g/mol. The number of hydrogen-bond acceptors (Lipinski definition) is 2. The highest BCUT2D eigenvalue weighted by Crippen LogP contribution is 2.12. The SMILES string of the molecule is CCC[N](CCC)[Al]([I])[N](CCC)CCC. The van der Waals surface area contributed by atoms with Gasteiger partial charge in [-0.25, -0.2) is 0 Å². The summed E-state index contributed by atoms with van der Waals surface area (Å²) in [6, 6.07) is 0. The largest absolute Gasteiger partial charge is 0.578 e. The first-order chi connectivity index (χ1) is 7.71. The van der Waals surface area contributed by atoms with Gasteiger partial charge < -0.3 is 7.77 Å². The Bertz CT molecular complexity index is 130. The smallest absolute Gasteiger partial charge is 0.362 e. The molecular formula is C12H28AlIN2. The molecule has 0 saturated carbocycles. The Labute approximate surface area is 118 Å². The summed E-state index contributed by atoms with van der Waals surface area (Å²) < 4.78 is 5.51. The maximum atomic E-state index is 2.76. The highest BCUT2D eigenvalue weighted by molar-refractivity contribution is 14.1. The summed E-state index contributed by atoms with van der Waals surface area (Å²) in [7, 11) is 0. The topological polar surface area (TPSA) is 6.48 Å². The van der Waals surface area contributed by atoms with Gasteiger partial charge in [0.1, 0.15) is 0 Å². The summed E-state index contributed by atoms with van der Waals surface area (Å²) in [4.78, 5) is 0. The molecule has 0 atom stereocenters. The first-order valence-electron chi connectivity index (χ1n) is 6.83. The second-order valence-electron chi connectivity index (χ2n) is 4.38. The molecule has 2 nitrogen and oxygen atoms in total. The third-order valence-corrected chi connectivity index (χ3v) is 9.61. The molecule has 0 spiro atoms. The van der Waals surface area contributed by atoms with Gasteiger partial charge in [-0.05, 0) is 51.9 Å². The van der Waals surface area contributed by atoms with Gasteiger partial charge in [-0.1, -0.05) is 27.7 Å². The molecule has 0 amide bonds. The third-order valence-electron chi connectivity index (χ3n) is 2.65. The minimum atomic E-state index is -0.866. The summed E-state index contributed by atoms with van der Waals surface area (Å²) in [5, 5.41) is 0. The van der Waals surface area contributed by atoms with Crippen LogP contribution in [0.4, 0.5) is 0 Å². The predicted octanol–water partition coefficient (Wildman–Crippen LogP) is 3.65. The van der Waals surface area contributed by atoms with Crippen LogP contribution in [0.25, 0.3) is 0 Å². The molecule has 0 saturated heterocycles. The number of hydrogen-bond donors (Lipinski definition) is 0. The van der Waals surface area contributed by atoms with Crippen molar-refractivity contribution in [1.82, 2.24) is 7.77 Å². The van der Waals surface area contributed by atoms with Gasteiger partial charge in [-0.15, -0.1) is 0 Å². The van der Waals surface area contributed by atoms with E-state index >= 15 is 0 Å². The van der Waals surface area contributed by atoms with Crippen LogP contribution >= 0.6 is 20.3 Å². The second-order valence-corrected chi connectivity index (χ2v) is 9.81. The maximum absolute atomic E-state index is 2.76. The zero-order valence-electron chi connectivity index (χ0n) is 11.5. The standard InChI is InChI=1S/2C6H14N.Al.HI/c2*1-3-5-7-6-4-2;;/h2*3-6H2,1-2H3;;1H/q2*-1;+3;/p-1. The lowest BCUT2D eigenvalue weighted by Crippen LogP contribution is -2.50. The molecule has 0 aromatic heterocycles. The van der Waals surface area contributed by atoms with E-state index in [0.29, 0.717) is 0 Å². The normalized spacial score (nSPS) is 11.4. The summed E-state index contributed by atoms with van der Waals surface area (Å²) in [5.74, 6) is 0. The molecule has 0 aromatic carbocycles. The summed E-state index contributed by atoms with van der Waals surface area (Å²) in [6.45, 7) is 14.3. The van der Waals surface area contributed by atoms with Crippen LogP contribution in [-0.4, -0.2) is 45.3 Å². The third kappa shape index (κ3) is 6.81. The fourth-order valence-corrected chi connectivity index (χ4v) is 7.72. The molecule has 96 valence electrons. The summed E-state index contributed by atoms with van der Waals surface area (Å²) in [6.07, 6.45) is 5.16. The Hall–Kier alpha value is 1.18. The van der Waals surface area contributed by atoms with Gasteiger partial charge in [-0.3, -0.25) is 0 Å². The van der Waals surface area contributed by atoms with Crippen LogP contribution in [0, 0.1) is 0 Å². The van der Waals surface area contributed by atoms with Crippen LogP contribution in [0.1, 0.15) is 53.4 Å². The van der Waals surface area contributed by atoms with E-state index in [1.165, 1.54) is 51.9 Å². The zero-order chi connectivity index (χ0) is 12.4. The van der Waals surface area contributed by atoms with E-state index in [1.807, 2.05) is 0 Å². The van der Waals surface area contributed by atoms with Gasteiger partial charge in [0.15, 0.2) is 0 Å². The number of halogens is 1. The van der Waals surface area contributed by atoms with E-state index in [-0.39, 0.29) is 0 Å². The molecule has 0 heterocycles. The Morgan fingerprint density at radius 3 is 1.12 bits per heavy atom. The van der Waals surface area contributed by atoms with Gasteiger partial charge in [0, 0.05) is 0 Å². The average Bonchev–Trinajstić information content (AvgIpc) is 2.27. The Balaban J connectivity index is 4.31. The molecular weight excluding hydrogens is 326 g/mol. The maximum Gasteiger partial charge on any atom is 0.578 e. The lowest BCUT2D eigenvalue weighted by atomic mass is 10.4. The van der Waals surface area contributed by atoms with Gasteiger partial charge >= 0.3 is 11.3 Å². The fraction of sp³-hybridized carbons (Fsp3) is 1.00. The van der Waals surface area contributed by atoms with Crippen molar-refractivity contribution in [3.63, 3.8) is 0 Å². The first-order valence-corrected chi connectivity index (χ1v) is 12.0. The van der Waals surface area contributed by atoms with Gasteiger partial charge in [0.2, 0.25) is 0 Å². The van der Waals surface area contributed by atoms with E-state index in [2.05, 4.69) is 55.7 Å². The van der Waals surface area contributed by atoms with Crippen molar-refractivity contribution < 1.29 is 0 Å². The van der Waals surface area contributed by atoms with Crippen molar-refractivity contribution in [2.45, 2.75) is 53.4 Å². The van der Waals surface area contributed by atoms with Crippen LogP contribution < -0.4 is 0 Å². The molecule has 16 heavy (non-hydrogen) atoms. The predicted molar refractivity (Wildman–Crippen MR) is 84.1 cm³/mol. The van der Waals surface area contributed by atoms with Crippen molar-refractivity contribution >= 4 is 31.6 Å². The molecule has 0 unspecified atom stereocenters. The van der Waals surface area contributed by atoms with E-state index in [1.54, 1.807) is 0 Å². The van der Waals surface area contributed by atoms with Crippen molar-refractivity contribution in [1.29, 1.82) is 0 Å². The quantitative estimate of drug-likeness (QED) is 0.437. The zero-order valence-corrected chi connectivity index (χ0v) is 14.8. The number of nitrogens with zero attached hydrogens (tertiary/aromatic N) is 2. The van der Waals surface area contributed by atoms with Gasteiger partial charge in [0.05, 0.1) is 0 Å². The lowest BCUT2D eigenvalue weighted by Gasteiger charge is -2.32. The first kappa shape index (κ1) is 17.2. The van der Waals surface area contributed by atoms with Crippen molar-refractivity contribution in [3.8, 4) is 0 Å². The highest BCUT2D eigenvalue weighted by atomic mass is 127. The van der Waals surface area contributed by atoms with Gasteiger partial charge in [-0.2, -0.15) is 20.3 Å². The summed E-state index contributed by atoms with van der Waals surface area (Å²) >= 11 is 1.88. The molecule has 0 aliphatic carbocycles. The molecule has 0 rings (SSSR count). The monoisotopic (exact) mass is 354 g/mol. The Morgan fingerprint density at radius 2 is 0.938 bits per heavy atom. The van der Waals surface area contributed by atoms with Crippen molar-refractivity contribution in [2.24, 2.45) is 0 Å². The van der Waals surface area contributed by atoms with E-state index in [9.17, 15) is 0 Å². The van der Waals surface area contributed by atoms with Crippen LogP contribution in [0.3, 0.4) is 0 Å². The fourth-order valence-electron chi connectivity index (χ4n) is 2.03. The van der Waals surface area contributed by atoms with E-state index in [4.69, 9.17) is 0 Å². The minimum Gasteiger partial charge on any atom is -0.362 e. The molecule has 0 radical (unpaired) electrons. The second kappa shape index (κ2) is 11.3. The molecule has 4 heteroatoms. The molecule has 0 aliphatic heterocycles. The van der Waals surface area contributed by atoms with Crippen LogP contribution in [-0.2, 0) is 0 Å². The molecule has 0 fully saturated rings. The lowest BCUT2D eigenvalue weighted by molar-refractivity contribution is 0.356. The Kier molecular flexibility index (Phi) is 12.1. The molecule has 0 bridgehead atoms.